The smallest absolute Gasteiger partial charge is 0.313 e. The molecule has 2 aromatic rings. The van der Waals surface area contributed by atoms with E-state index in [4.69, 9.17) is 9.63 Å². The van der Waals surface area contributed by atoms with E-state index in [-0.39, 0.29) is 28.8 Å². The predicted octanol–water partition coefficient (Wildman–Crippen LogP) is 2.33. The van der Waals surface area contributed by atoms with Crippen molar-refractivity contribution in [3.8, 4) is 11.4 Å². The fraction of sp³-hybridized carbons (Fsp3) is 0.182. The molecule has 0 amide bonds. The number of carboxylic acid groups (broad SMARTS) is 1. The van der Waals surface area contributed by atoms with E-state index in [9.17, 15) is 13.6 Å². The van der Waals surface area contributed by atoms with Gasteiger partial charge in [-0.15, -0.1) is 11.8 Å². The monoisotopic (exact) mass is 286 g/mol. The van der Waals surface area contributed by atoms with Crippen LogP contribution in [0.1, 0.15) is 5.89 Å². The second kappa shape index (κ2) is 5.79. The molecule has 0 unspecified atom stereocenters. The topological polar surface area (TPSA) is 76.2 Å². The molecule has 0 spiro atoms. The molecule has 2 rings (SSSR count). The first kappa shape index (κ1) is 13.5. The van der Waals surface area contributed by atoms with Gasteiger partial charge >= 0.3 is 5.97 Å². The van der Waals surface area contributed by atoms with Gasteiger partial charge in [0.25, 0.3) is 0 Å². The zero-order valence-corrected chi connectivity index (χ0v) is 10.3. The van der Waals surface area contributed by atoms with Crippen LogP contribution in [-0.2, 0) is 10.5 Å². The van der Waals surface area contributed by atoms with Crippen LogP contribution in [0.15, 0.2) is 22.7 Å². The number of halogens is 2. The number of carbonyl (C=O) groups is 1. The van der Waals surface area contributed by atoms with Gasteiger partial charge in [-0.25, -0.2) is 8.78 Å². The fourth-order valence-electron chi connectivity index (χ4n) is 1.29. The van der Waals surface area contributed by atoms with Gasteiger partial charge in [0.05, 0.1) is 11.5 Å². The molecule has 5 nitrogen and oxygen atoms in total. The van der Waals surface area contributed by atoms with Gasteiger partial charge in [0, 0.05) is 5.56 Å². The maximum absolute atomic E-state index is 13.0. The van der Waals surface area contributed by atoms with Gasteiger partial charge in [-0.05, 0) is 18.2 Å². The average Bonchev–Trinajstić information content (AvgIpc) is 2.81. The highest BCUT2D eigenvalue weighted by Crippen LogP contribution is 2.20. The number of aromatic nitrogens is 2. The molecule has 0 bridgehead atoms. The Morgan fingerprint density at radius 3 is 2.84 bits per heavy atom. The van der Waals surface area contributed by atoms with E-state index < -0.39 is 17.6 Å². The van der Waals surface area contributed by atoms with Gasteiger partial charge < -0.3 is 9.63 Å². The first-order valence-corrected chi connectivity index (χ1v) is 6.29. The molecule has 0 saturated carbocycles. The van der Waals surface area contributed by atoms with Crippen LogP contribution in [0, 0.1) is 11.6 Å². The summed E-state index contributed by atoms with van der Waals surface area (Å²) >= 11 is 1.10. The van der Waals surface area contributed by atoms with Crippen molar-refractivity contribution in [3.63, 3.8) is 0 Å². The van der Waals surface area contributed by atoms with Crippen molar-refractivity contribution in [3.05, 3.63) is 35.7 Å². The molecule has 8 heteroatoms. The summed E-state index contributed by atoms with van der Waals surface area (Å²) in [4.78, 5) is 14.3. The molecule has 0 radical (unpaired) electrons. The van der Waals surface area contributed by atoms with E-state index in [2.05, 4.69) is 10.1 Å². The third kappa shape index (κ3) is 3.50. The van der Waals surface area contributed by atoms with Crippen molar-refractivity contribution < 1.29 is 23.2 Å². The van der Waals surface area contributed by atoms with Crippen LogP contribution in [0.4, 0.5) is 8.78 Å². The minimum atomic E-state index is -0.996. The molecule has 1 aromatic carbocycles. The van der Waals surface area contributed by atoms with Crippen molar-refractivity contribution in [1.29, 1.82) is 0 Å². The summed E-state index contributed by atoms with van der Waals surface area (Å²) in [6, 6.07) is 3.27. The maximum Gasteiger partial charge on any atom is 0.313 e. The van der Waals surface area contributed by atoms with E-state index in [1.165, 1.54) is 6.07 Å². The second-order valence-corrected chi connectivity index (χ2v) is 4.51. The van der Waals surface area contributed by atoms with Crippen LogP contribution < -0.4 is 0 Å². The SMILES string of the molecule is O=C(O)CSCc1nc(-c2ccc(F)c(F)c2)no1. The summed E-state index contributed by atoms with van der Waals surface area (Å²) in [5.74, 6) is -2.37. The molecule has 19 heavy (non-hydrogen) atoms. The van der Waals surface area contributed by atoms with Gasteiger partial charge in [0.1, 0.15) is 0 Å². The second-order valence-electron chi connectivity index (χ2n) is 3.53. The lowest BCUT2D eigenvalue weighted by atomic mass is 10.2. The van der Waals surface area contributed by atoms with Gasteiger partial charge in [0.15, 0.2) is 11.6 Å². The van der Waals surface area contributed by atoms with Crippen molar-refractivity contribution in [2.45, 2.75) is 5.75 Å². The molecule has 0 fully saturated rings. The largest absolute Gasteiger partial charge is 0.481 e. The standard InChI is InChI=1S/C11H8F2N2O3S/c12-7-2-1-6(3-8(7)13)11-14-9(18-15-11)4-19-5-10(16)17/h1-3H,4-5H2,(H,16,17). The highest BCUT2D eigenvalue weighted by molar-refractivity contribution is 7.99. The van der Waals surface area contributed by atoms with Crippen LogP contribution in [0.5, 0.6) is 0 Å². The van der Waals surface area contributed by atoms with Crippen LogP contribution in [0.2, 0.25) is 0 Å². The molecule has 100 valence electrons. The van der Waals surface area contributed by atoms with Crippen LogP contribution in [-0.4, -0.2) is 27.0 Å². The molecule has 0 aliphatic heterocycles. The molecular formula is C11H8F2N2O3S. The molecule has 0 saturated heterocycles. The lowest BCUT2D eigenvalue weighted by Gasteiger charge is -1.95. The fourth-order valence-corrected chi connectivity index (χ4v) is 1.86. The van der Waals surface area contributed by atoms with E-state index in [0.29, 0.717) is 0 Å². The van der Waals surface area contributed by atoms with E-state index in [1.807, 2.05) is 0 Å². The third-order valence-electron chi connectivity index (χ3n) is 2.10. The van der Waals surface area contributed by atoms with Crippen molar-refractivity contribution >= 4 is 17.7 Å². The Labute approximate surface area is 110 Å². The summed E-state index contributed by atoms with van der Waals surface area (Å²) < 4.78 is 30.7. The quantitative estimate of drug-likeness (QED) is 0.909. The number of benzene rings is 1. The third-order valence-corrected chi connectivity index (χ3v) is 3.00. The number of thioether (sulfide) groups is 1. The highest BCUT2D eigenvalue weighted by atomic mass is 32.2. The zero-order chi connectivity index (χ0) is 13.8. The molecular weight excluding hydrogens is 278 g/mol. The Hall–Kier alpha value is -1.96. The Bertz CT molecular complexity index is 603. The van der Waals surface area contributed by atoms with Crippen LogP contribution in [0.3, 0.4) is 0 Å². The van der Waals surface area contributed by atoms with Gasteiger partial charge in [0.2, 0.25) is 11.7 Å². The van der Waals surface area contributed by atoms with E-state index >= 15 is 0 Å². The molecule has 0 aliphatic rings. The minimum absolute atomic E-state index is 0.0805. The summed E-state index contributed by atoms with van der Waals surface area (Å²) in [6.07, 6.45) is 0. The number of carboxylic acids is 1. The Morgan fingerprint density at radius 1 is 1.37 bits per heavy atom. The van der Waals surface area contributed by atoms with Crippen molar-refractivity contribution in [2.75, 3.05) is 5.75 Å². The molecule has 1 heterocycles. The van der Waals surface area contributed by atoms with Gasteiger partial charge in [-0.2, -0.15) is 4.98 Å². The Morgan fingerprint density at radius 2 is 2.16 bits per heavy atom. The predicted molar refractivity (Wildman–Crippen MR) is 63.4 cm³/mol. The summed E-state index contributed by atoms with van der Waals surface area (Å²) in [5.41, 5.74) is 0.289. The lowest BCUT2D eigenvalue weighted by molar-refractivity contribution is -0.133. The first-order valence-electron chi connectivity index (χ1n) is 5.14. The van der Waals surface area contributed by atoms with Gasteiger partial charge in [-0.1, -0.05) is 5.16 Å². The average molecular weight is 286 g/mol. The molecule has 0 atom stereocenters. The highest BCUT2D eigenvalue weighted by Gasteiger charge is 2.11. The zero-order valence-electron chi connectivity index (χ0n) is 9.47. The number of aliphatic carboxylic acids is 1. The Balaban J connectivity index is 2.07. The van der Waals surface area contributed by atoms with E-state index in [0.717, 1.165) is 23.9 Å². The van der Waals surface area contributed by atoms with Crippen molar-refractivity contribution in [2.24, 2.45) is 0 Å². The summed E-state index contributed by atoms with van der Waals surface area (Å²) in [5, 5.41) is 12.1. The van der Waals surface area contributed by atoms with Crippen LogP contribution in [0.25, 0.3) is 11.4 Å². The maximum atomic E-state index is 13.0. The number of nitrogens with zero attached hydrogens (tertiary/aromatic N) is 2. The minimum Gasteiger partial charge on any atom is -0.481 e. The Kier molecular flexibility index (Phi) is 4.10. The number of hydrogen-bond acceptors (Lipinski definition) is 5. The van der Waals surface area contributed by atoms with Crippen molar-refractivity contribution in [1.82, 2.24) is 10.1 Å². The van der Waals surface area contributed by atoms with Gasteiger partial charge in [-0.3, -0.25) is 4.79 Å². The van der Waals surface area contributed by atoms with Crippen LogP contribution >= 0.6 is 11.8 Å². The molecule has 0 aliphatic carbocycles. The number of rotatable bonds is 5. The summed E-state index contributed by atoms with van der Waals surface area (Å²) in [6.45, 7) is 0. The molecule has 1 aromatic heterocycles. The normalized spacial score (nSPS) is 10.6. The summed E-state index contributed by atoms with van der Waals surface area (Å²) in [7, 11) is 0. The lowest BCUT2D eigenvalue weighted by Crippen LogP contribution is -1.98. The number of hydrogen-bond donors (Lipinski definition) is 1. The van der Waals surface area contributed by atoms with E-state index in [1.54, 1.807) is 0 Å². The molecule has 1 N–H and O–H groups in total. The first-order chi connectivity index (χ1) is 9.06.